The summed E-state index contributed by atoms with van der Waals surface area (Å²) >= 11 is 0. The van der Waals surface area contributed by atoms with Crippen molar-refractivity contribution in [2.75, 3.05) is 14.2 Å². The summed E-state index contributed by atoms with van der Waals surface area (Å²) in [6.45, 7) is 0. The fraction of sp³-hybridized carbons (Fsp3) is 0.889. The van der Waals surface area contributed by atoms with Crippen molar-refractivity contribution in [1.82, 2.24) is 0 Å². The van der Waals surface area contributed by atoms with Crippen molar-refractivity contribution in [2.45, 2.75) is 38.4 Å². The van der Waals surface area contributed by atoms with Gasteiger partial charge in [0.2, 0.25) is 0 Å². The predicted octanol–water partition coefficient (Wildman–Crippen LogP) is 1.07. The molecule has 1 N–H and O–H groups in total. The molecule has 0 aromatic heterocycles. The number of methoxy groups -OCH3 is 2. The quantitative estimate of drug-likeness (QED) is 0.371. The standard InChI is InChI=1S/C9H18O4/c1-12-8(10)6-4-3-5-7-9(11)13-2/h8,10H,3-7H2,1-2H3. The predicted molar refractivity (Wildman–Crippen MR) is 48.1 cm³/mol. The second kappa shape index (κ2) is 8.01. The maximum absolute atomic E-state index is 10.7. The van der Waals surface area contributed by atoms with Crippen LogP contribution >= 0.6 is 0 Å². The largest absolute Gasteiger partial charge is 0.469 e. The molecule has 0 aliphatic rings. The molecule has 4 nitrogen and oxygen atoms in total. The van der Waals surface area contributed by atoms with Gasteiger partial charge in [-0.2, -0.15) is 0 Å². The molecule has 0 saturated carbocycles. The summed E-state index contributed by atoms with van der Waals surface area (Å²) in [5.41, 5.74) is 0. The maximum Gasteiger partial charge on any atom is 0.305 e. The average Bonchev–Trinajstić information content (AvgIpc) is 2.16. The van der Waals surface area contributed by atoms with Gasteiger partial charge in [0.05, 0.1) is 7.11 Å². The number of hydrogen-bond acceptors (Lipinski definition) is 4. The Balaban J connectivity index is 3.12. The molecule has 0 fully saturated rings. The van der Waals surface area contributed by atoms with E-state index < -0.39 is 6.29 Å². The molecule has 0 aliphatic carbocycles. The minimum absolute atomic E-state index is 0.174. The molecule has 0 aromatic carbocycles. The van der Waals surface area contributed by atoms with Crippen LogP contribution in [0.1, 0.15) is 32.1 Å². The number of hydrogen-bond donors (Lipinski definition) is 1. The van der Waals surface area contributed by atoms with E-state index in [1.807, 2.05) is 0 Å². The number of rotatable bonds is 7. The second-order valence-corrected chi connectivity index (χ2v) is 2.87. The normalized spacial score (nSPS) is 12.5. The summed E-state index contributed by atoms with van der Waals surface area (Å²) in [4.78, 5) is 10.7. The second-order valence-electron chi connectivity index (χ2n) is 2.87. The fourth-order valence-electron chi connectivity index (χ4n) is 0.985. The Morgan fingerprint density at radius 1 is 1.31 bits per heavy atom. The monoisotopic (exact) mass is 190 g/mol. The highest BCUT2D eigenvalue weighted by molar-refractivity contribution is 5.68. The Hall–Kier alpha value is -0.610. The van der Waals surface area contributed by atoms with Crippen LogP contribution < -0.4 is 0 Å². The Morgan fingerprint density at radius 3 is 2.54 bits per heavy atom. The number of aliphatic hydroxyl groups is 1. The molecule has 0 radical (unpaired) electrons. The molecular formula is C9H18O4. The van der Waals surface area contributed by atoms with E-state index in [1.54, 1.807) is 0 Å². The number of carbonyl (C=O) groups excluding carboxylic acids is 1. The lowest BCUT2D eigenvalue weighted by molar-refractivity contribution is -0.140. The van der Waals surface area contributed by atoms with E-state index in [9.17, 15) is 4.79 Å². The number of aliphatic hydroxyl groups excluding tert-OH is 1. The summed E-state index contributed by atoms with van der Waals surface area (Å²) in [6, 6.07) is 0. The van der Waals surface area contributed by atoms with Gasteiger partial charge in [-0.1, -0.05) is 6.42 Å². The first-order valence-electron chi connectivity index (χ1n) is 4.48. The van der Waals surface area contributed by atoms with Crippen LogP contribution in [0.5, 0.6) is 0 Å². The Labute approximate surface area is 78.8 Å². The third-order valence-electron chi connectivity index (χ3n) is 1.83. The van der Waals surface area contributed by atoms with Crippen molar-refractivity contribution in [2.24, 2.45) is 0 Å². The number of ether oxygens (including phenoxy) is 2. The Morgan fingerprint density at radius 2 is 2.00 bits per heavy atom. The van der Waals surface area contributed by atoms with E-state index in [0.717, 1.165) is 19.3 Å². The summed E-state index contributed by atoms with van der Waals surface area (Å²) in [5, 5.41) is 9.00. The lowest BCUT2D eigenvalue weighted by Crippen LogP contribution is -2.08. The molecular weight excluding hydrogens is 172 g/mol. The first-order valence-corrected chi connectivity index (χ1v) is 4.48. The molecule has 0 spiro atoms. The third-order valence-corrected chi connectivity index (χ3v) is 1.83. The van der Waals surface area contributed by atoms with Gasteiger partial charge in [0, 0.05) is 13.5 Å². The molecule has 0 rings (SSSR count). The van der Waals surface area contributed by atoms with Crippen molar-refractivity contribution in [1.29, 1.82) is 0 Å². The van der Waals surface area contributed by atoms with Crippen molar-refractivity contribution in [3.63, 3.8) is 0 Å². The van der Waals surface area contributed by atoms with E-state index in [2.05, 4.69) is 9.47 Å². The van der Waals surface area contributed by atoms with Gasteiger partial charge in [-0.15, -0.1) is 0 Å². The number of carbonyl (C=O) groups is 1. The summed E-state index contributed by atoms with van der Waals surface area (Å²) in [6.07, 6.45) is 3.00. The van der Waals surface area contributed by atoms with E-state index >= 15 is 0 Å². The molecule has 0 heterocycles. The molecule has 0 bridgehead atoms. The Kier molecular flexibility index (Phi) is 7.63. The van der Waals surface area contributed by atoms with Crippen LogP contribution in [0.15, 0.2) is 0 Å². The van der Waals surface area contributed by atoms with Gasteiger partial charge in [-0.25, -0.2) is 0 Å². The maximum atomic E-state index is 10.7. The molecule has 0 amide bonds. The van der Waals surface area contributed by atoms with Crippen LogP contribution in [0.2, 0.25) is 0 Å². The number of unbranched alkanes of at least 4 members (excludes halogenated alkanes) is 2. The molecule has 78 valence electrons. The summed E-state index contributed by atoms with van der Waals surface area (Å²) in [5.74, 6) is -0.174. The molecule has 1 unspecified atom stereocenters. The molecule has 0 aromatic rings. The highest BCUT2D eigenvalue weighted by atomic mass is 16.6. The topological polar surface area (TPSA) is 55.8 Å². The lowest BCUT2D eigenvalue weighted by atomic mass is 10.1. The van der Waals surface area contributed by atoms with E-state index in [4.69, 9.17) is 5.11 Å². The summed E-state index contributed by atoms with van der Waals surface area (Å²) < 4.78 is 9.15. The van der Waals surface area contributed by atoms with Crippen molar-refractivity contribution in [3.8, 4) is 0 Å². The minimum atomic E-state index is -0.668. The highest BCUT2D eigenvalue weighted by Gasteiger charge is 2.02. The van der Waals surface area contributed by atoms with Gasteiger partial charge < -0.3 is 14.6 Å². The number of esters is 1. The summed E-state index contributed by atoms with van der Waals surface area (Å²) in [7, 11) is 2.86. The lowest BCUT2D eigenvalue weighted by Gasteiger charge is -2.06. The van der Waals surface area contributed by atoms with Crippen LogP contribution in [0.4, 0.5) is 0 Å². The van der Waals surface area contributed by atoms with Crippen LogP contribution in [0.25, 0.3) is 0 Å². The smallest absolute Gasteiger partial charge is 0.305 e. The first kappa shape index (κ1) is 12.4. The van der Waals surface area contributed by atoms with Gasteiger partial charge in [-0.05, 0) is 19.3 Å². The van der Waals surface area contributed by atoms with Gasteiger partial charge in [0.25, 0.3) is 0 Å². The highest BCUT2D eigenvalue weighted by Crippen LogP contribution is 2.06. The van der Waals surface area contributed by atoms with Crippen LogP contribution in [0, 0.1) is 0 Å². The van der Waals surface area contributed by atoms with Crippen molar-refractivity contribution in [3.05, 3.63) is 0 Å². The van der Waals surface area contributed by atoms with Crippen LogP contribution in [-0.4, -0.2) is 31.6 Å². The van der Waals surface area contributed by atoms with Crippen molar-refractivity contribution < 1.29 is 19.4 Å². The minimum Gasteiger partial charge on any atom is -0.469 e. The van der Waals surface area contributed by atoms with Gasteiger partial charge in [0.15, 0.2) is 6.29 Å². The van der Waals surface area contributed by atoms with Crippen LogP contribution in [-0.2, 0) is 14.3 Å². The van der Waals surface area contributed by atoms with Gasteiger partial charge in [0.1, 0.15) is 0 Å². The molecule has 4 heteroatoms. The van der Waals surface area contributed by atoms with E-state index in [0.29, 0.717) is 12.8 Å². The van der Waals surface area contributed by atoms with Crippen LogP contribution in [0.3, 0.4) is 0 Å². The average molecular weight is 190 g/mol. The molecule has 13 heavy (non-hydrogen) atoms. The molecule has 0 saturated heterocycles. The molecule has 1 atom stereocenters. The van der Waals surface area contributed by atoms with Gasteiger partial charge in [-0.3, -0.25) is 4.79 Å². The first-order chi connectivity index (χ1) is 6.20. The zero-order valence-electron chi connectivity index (χ0n) is 8.28. The fourth-order valence-corrected chi connectivity index (χ4v) is 0.985. The Bertz CT molecular complexity index is 136. The van der Waals surface area contributed by atoms with Crippen molar-refractivity contribution >= 4 is 5.97 Å². The zero-order valence-corrected chi connectivity index (χ0v) is 8.28. The third kappa shape index (κ3) is 7.74. The van der Waals surface area contributed by atoms with E-state index in [-0.39, 0.29) is 5.97 Å². The van der Waals surface area contributed by atoms with Gasteiger partial charge >= 0.3 is 5.97 Å². The SMILES string of the molecule is COC(=O)CCCCCC(O)OC. The molecule has 0 aliphatic heterocycles. The zero-order chi connectivity index (χ0) is 10.1. The van der Waals surface area contributed by atoms with E-state index in [1.165, 1.54) is 14.2 Å².